The molecule has 1 saturated heterocycles. The predicted molar refractivity (Wildman–Crippen MR) is 150 cm³/mol. The highest BCUT2D eigenvalue weighted by atomic mass is 16.4. The van der Waals surface area contributed by atoms with Crippen LogP contribution in [0.25, 0.3) is 0 Å². The van der Waals surface area contributed by atoms with Crippen molar-refractivity contribution >= 4 is 23.7 Å². The van der Waals surface area contributed by atoms with Crippen LogP contribution in [0.5, 0.6) is 5.88 Å². The van der Waals surface area contributed by atoms with E-state index in [1.807, 2.05) is 0 Å². The summed E-state index contributed by atoms with van der Waals surface area (Å²) >= 11 is 0. The molecule has 13 heteroatoms. The quantitative estimate of drug-likeness (QED) is 0.211. The second kappa shape index (κ2) is 9.70. The normalized spacial score (nSPS) is 35.7. The molecule has 13 nitrogen and oxygen atoms in total. The number of rotatable bonds is 7. The van der Waals surface area contributed by atoms with Crippen LogP contribution in [0.4, 0.5) is 4.79 Å². The Labute approximate surface area is 242 Å². The Balaban J connectivity index is 1.19. The van der Waals surface area contributed by atoms with Gasteiger partial charge in [-0.1, -0.05) is 6.92 Å². The zero-order valence-electron chi connectivity index (χ0n) is 24.2. The first kappa shape index (κ1) is 28.5. The van der Waals surface area contributed by atoms with E-state index in [1.54, 1.807) is 4.90 Å². The van der Waals surface area contributed by atoms with Gasteiger partial charge in [-0.05, 0) is 87.4 Å². The molecule has 2 spiro atoms. The summed E-state index contributed by atoms with van der Waals surface area (Å²) in [7, 11) is 1.49. The van der Waals surface area contributed by atoms with E-state index < -0.39 is 46.4 Å². The van der Waals surface area contributed by atoms with E-state index in [9.17, 15) is 34.2 Å². The van der Waals surface area contributed by atoms with Gasteiger partial charge >= 0.3 is 17.7 Å². The van der Waals surface area contributed by atoms with E-state index in [1.165, 1.54) is 21.1 Å². The van der Waals surface area contributed by atoms with E-state index in [-0.39, 0.29) is 41.3 Å². The van der Waals surface area contributed by atoms with Gasteiger partial charge in [-0.3, -0.25) is 33.8 Å². The van der Waals surface area contributed by atoms with Gasteiger partial charge < -0.3 is 20.8 Å². The third-order valence-electron chi connectivity index (χ3n) is 11.0. The van der Waals surface area contributed by atoms with Crippen LogP contribution in [0.1, 0.15) is 82.7 Å². The summed E-state index contributed by atoms with van der Waals surface area (Å²) in [5, 5.41) is 27.9. The Morgan fingerprint density at radius 3 is 2.17 bits per heavy atom. The molecule has 0 aromatic carbocycles. The van der Waals surface area contributed by atoms with Crippen LogP contribution in [0, 0.1) is 34.5 Å². The second-order valence-electron chi connectivity index (χ2n) is 13.9. The number of imide groups is 1. The smallest absolute Gasteiger partial charge is 0.334 e. The molecule has 4 aliphatic carbocycles. The van der Waals surface area contributed by atoms with Crippen LogP contribution in [-0.2, 0) is 16.1 Å². The standard InChI is InChI=1S/C29H40N6O7/c1-15-7-16(8-15)11-33-22(36)20(21(30)31)23(37)35(27(33)42)19-3-5-28(6-4-19)13-29(14-28)25(40)32(2)26(41)34(29)12-17-9-18(10-17)24(38)39/h15-19,36H,3-14H2,1-2H3,(H3,30,31)(H,38,39). The van der Waals surface area contributed by atoms with Gasteiger partial charge in [0.15, 0.2) is 0 Å². The minimum atomic E-state index is -0.920. The molecule has 0 atom stereocenters. The Morgan fingerprint density at radius 1 is 1.02 bits per heavy atom. The third-order valence-corrected chi connectivity index (χ3v) is 11.0. The number of nitrogens with zero attached hydrogens (tertiary/aromatic N) is 4. The maximum Gasteiger partial charge on any atom is 0.334 e. The Kier molecular flexibility index (Phi) is 6.58. The number of aromatic hydroxyl groups is 1. The molecule has 5 N–H and O–H groups in total. The Hall–Kier alpha value is -3.64. The van der Waals surface area contributed by atoms with Gasteiger partial charge in [0.1, 0.15) is 16.9 Å². The van der Waals surface area contributed by atoms with Gasteiger partial charge in [0.2, 0.25) is 5.88 Å². The average Bonchev–Trinajstić information content (AvgIpc) is 3.03. The van der Waals surface area contributed by atoms with Gasteiger partial charge in [-0.25, -0.2) is 9.59 Å². The molecule has 228 valence electrons. The number of carboxylic acids is 1. The summed E-state index contributed by atoms with van der Waals surface area (Å²) < 4.78 is 2.36. The number of urea groups is 1. The van der Waals surface area contributed by atoms with Crippen LogP contribution in [0.3, 0.4) is 0 Å². The molecule has 1 aromatic rings. The van der Waals surface area contributed by atoms with E-state index in [4.69, 9.17) is 11.1 Å². The van der Waals surface area contributed by atoms with Crippen LogP contribution in [0.2, 0.25) is 0 Å². The number of carbonyl (C=O) groups excluding carboxylic acids is 2. The van der Waals surface area contributed by atoms with Crippen molar-refractivity contribution in [2.24, 2.45) is 34.8 Å². The number of nitrogen functional groups attached to an aromatic ring is 1. The number of aromatic nitrogens is 2. The molecular weight excluding hydrogens is 544 g/mol. The van der Waals surface area contributed by atoms with Gasteiger partial charge in [0.05, 0.1) is 5.92 Å². The molecule has 3 amide bonds. The van der Waals surface area contributed by atoms with Crippen molar-refractivity contribution in [2.75, 3.05) is 13.6 Å². The first-order valence-corrected chi connectivity index (χ1v) is 15.0. The van der Waals surface area contributed by atoms with E-state index in [0.29, 0.717) is 63.8 Å². The minimum absolute atomic E-state index is 0.0562. The van der Waals surface area contributed by atoms with Crippen LogP contribution in [0.15, 0.2) is 9.59 Å². The summed E-state index contributed by atoms with van der Waals surface area (Å²) in [5.41, 5.74) is 2.88. The zero-order valence-corrected chi connectivity index (χ0v) is 24.2. The van der Waals surface area contributed by atoms with Crippen molar-refractivity contribution in [3.63, 3.8) is 0 Å². The van der Waals surface area contributed by atoms with E-state index in [0.717, 1.165) is 12.8 Å². The number of aliphatic carboxylic acids is 1. The number of nitrogens with one attached hydrogen (secondary N) is 1. The number of amides is 3. The molecule has 4 saturated carbocycles. The lowest BCUT2D eigenvalue weighted by Gasteiger charge is -2.59. The number of likely N-dealkylation sites (N-methyl/N-ethyl adjacent to an activating group) is 1. The monoisotopic (exact) mass is 584 g/mol. The molecule has 5 aliphatic rings. The second-order valence-corrected chi connectivity index (χ2v) is 13.9. The summed E-state index contributed by atoms with van der Waals surface area (Å²) in [6, 6.07) is -0.767. The molecule has 42 heavy (non-hydrogen) atoms. The summed E-state index contributed by atoms with van der Waals surface area (Å²) in [6.07, 6.45) is 6.18. The highest BCUT2D eigenvalue weighted by Crippen LogP contribution is 2.62. The van der Waals surface area contributed by atoms with Gasteiger partial charge in [-0.2, -0.15) is 0 Å². The third kappa shape index (κ3) is 4.17. The van der Waals surface area contributed by atoms with Crippen molar-refractivity contribution in [1.82, 2.24) is 18.9 Å². The van der Waals surface area contributed by atoms with E-state index in [2.05, 4.69) is 6.92 Å². The fraction of sp³-hybridized carbons (Fsp3) is 0.724. The van der Waals surface area contributed by atoms with Crippen molar-refractivity contribution in [1.29, 1.82) is 5.41 Å². The Bertz CT molecular complexity index is 1470. The van der Waals surface area contributed by atoms with E-state index >= 15 is 0 Å². The number of hydrogen-bond acceptors (Lipinski definition) is 7. The average molecular weight is 585 g/mol. The number of hydrogen-bond donors (Lipinski definition) is 4. The molecular formula is C29H40N6O7. The lowest BCUT2D eigenvalue weighted by molar-refractivity contribution is -0.153. The number of nitrogens with two attached hydrogens (primary N) is 1. The SMILES string of the molecule is CC1CC(Cn2c(O)c(C(=N)N)c(=O)n(C3CCC4(CC3)CC3(C4)C(=O)N(C)C(=O)N3CC3CC(C(=O)O)C3)c2=O)C1. The molecule has 0 unspecified atom stereocenters. The topological polar surface area (TPSA) is 192 Å². The lowest BCUT2D eigenvalue weighted by Crippen LogP contribution is -2.65. The van der Waals surface area contributed by atoms with Crippen LogP contribution in [-0.4, -0.2) is 72.0 Å². The van der Waals surface area contributed by atoms with Crippen molar-refractivity contribution in [3.05, 3.63) is 26.4 Å². The van der Waals surface area contributed by atoms with Crippen molar-refractivity contribution < 1.29 is 24.6 Å². The minimum Gasteiger partial charge on any atom is -0.494 e. The first-order valence-electron chi connectivity index (χ1n) is 15.0. The Morgan fingerprint density at radius 2 is 1.62 bits per heavy atom. The molecule has 0 radical (unpaired) electrons. The molecule has 2 heterocycles. The highest BCUT2D eigenvalue weighted by Gasteiger charge is 2.68. The van der Waals surface area contributed by atoms with Crippen LogP contribution < -0.4 is 17.0 Å². The maximum absolute atomic E-state index is 13.6. The summed E-state index contributed by atoms with van der Waals surface area (Å²) in [5.74, 6) is -1.76. The maximum atomic E-state index is 13.6. The number of amidine groups is 1. The highest BCUT2D eigenvalue weighted by molar-refractivity contribution is 6.07. The van der Waals surface area contributed by atoms with Crippen molar-refractivity contribution in [3.8, 4) is 5.88 Å². The molecule has 5 fully saturated rings. The molecule has 1 aliphatic heterocycles. The van der Waals surface area contributed by atoms with Gasteiger partial charge in [-0.15, -0.1) is 0 Å². The molecule has 1 aromatic heterocycles. The molecule has 6 rings (SSSR count). The zero-order chi connectivity index (χ0) is 30.3. The lowest BCUT2D eigenvalue weighted by atomic mass is 9.51. The largest absolute Gasteiger partial charge is 0.494 e. The number of carbonyl (C=O) groups is 3. The van der Waals surface area contributed by atoms with Gasteiger partial charge in [0.25, 0.3) is 11.5 Å². The fourth-order valence-corrected chi connectivity index (χ4v) is 8.69. The summed E-state index contributed by atoms with van der Waals surface area (Å²) in [6.45, 7) is 2.76. The predicted octanol–water partition coefficient (Wildman–Crippen LogP) is 1.68. The molecule has 0 bridgehead atoms. The van der Waals surface area contributed by atoms with Gasteiger partial charge in [0, 0.05) is 26.2 Å². The summed E-state index contributed by atoms with van der Waals surface area (Å²) in [4.78, 5) is 67.4. The first-order chi connectivity index (χ1) is 19.8. The number of carboxylic acid groups (broad SMARTS) is 1. The fourth-order valence-electron chi connectivity index (χ4n) is 8.69. The van der Waals surface area contributed by atoms with Crippen LogP contribution >= 0.6 is 0 Å². The van der Waals surface area contributed by atoms with Crippen molar-refractivity contribution in [2.45, 2.75) is 89.3 Å².